The normalized spacial score (nSPS) is 14.7. The number of aromatic nitrogens is 1. The number of rotatable bonds is 9. The number of ether oxygens (including phenoxy) is 2. The van der Waals surface area contributed by atoms with Crippen LogP contribution in [0, 0.1) is 0 Å². The van der Waals surface area contributed by atoms with Crippen LogP contribution in [0.3, 0.4) is 0 Å². The molecule has 0 aromatic carbocycles. The lowest BCUT2D eigenvalue weighted by Crippen LogP contribution is -2.22. The summed E-state index contributed by atoms with van der Waals surface area (Å²) in [5, 5.41) is 2.99. The molecule has 3 rings (SSSR count). The Balaban J connectivity index is 0.000000297. The van der Waals surface area contributed by atoms with Crippen molar-refractivity contribution in [2.45, 2.75) is 18.9 Å². The van der Waals surface area contributed by atoms with Gasteiger partial charge in [0.15, 0.2) is 5.76 Å². The molecule has 2 aromatic heterocycles. The van der Waals surface area contributed by atoms with E-state index in [1.165, 1.54) is 18.0 Å². The molecular formula is C21H25N3O5S. The fourth-order valence-electron chi connectivity index (χ4n) is 2.56. The SMILES string of the molecule is C=N/C(=C(\SCNC)C(=O)c1ccccn1)c1ccco1.O=COC1CCOCC1. The molecule has 1 N–H and O–H groups in total. The van der Waals surface area contributed by atoms with Crippen molar-refractivity contribution in [3.8, 4) is 0 Å². The molecule has 1 aliphatic heterocycles. The molecule has 9 heteroatoms. The Morgan fingerprint density at radius 3 is 2.73 bits per heavy atom. The lowest BCUT2D eigenvalue weighted by molar-refractivity contribution is -0.137. The highest BCUT2D eigenvalue weighted by atomic mass is 32.2. The highest BCUT2D eigenvalue weighted by Gasteiger charge is 2.21. The predicted octanol–water partition coefficient (Wildman–Crippen LogP) is 3.18. The van der Waals surface area contributed by atoms with Gasteiger partial charge in [-0.05, 0) is 38.0 Å². The lowest BCUT2D eigenvalue weighted by atomic mass is 10.2. The molecule has 0 saturated carbocycles. The maximum Gasteiger partial charge on any atom is 0.293 e. The average Bonchev–Trinajstić information content (AvgIpc) is 3.33. The minimum Gasteiger partial charge on any atom is -0.464 e. The second-order valence-corrected chi connectivity index (χ2v) is 7.03. The summed E-state index contributed by atoms with van der Waals surface area (Å²) in [5.74, 6) is 0.871. The Morgan fingerprint density at radius 1 is 1.37 bits per heavy atom. The molecule has 8 nitrogen and oxygen atoms in total. The number of hydrogen-bond donors (Lipinski definition) is 1. The van der Waals surface area contributed by atoms with Crippen molar-refractivity contribution in [3.63, 3.8) is 0 Å². The van der Waals surface area contributed by atoms with Crippen LogP contribution in [0.1, 0.15) is 29.1 Å². The van der Waals surface area contributed by atoms with Crippen LogP contribution in [0.15, 0.2) is 57.1 Å². The molecule has 30 heavy (non-hydrogen) atoms. The quantitative estimate of drug-likeness (QED) is 0.212. The minimum absolute atomic E-state index is 0.108. The van der Waals surface area contributed by atoms with Crippen LogP contribution in [0.25, 0.3) is 5.70 Å². The van der Waals surface area contributed by atoms with Crippen molar-refractivity contribution in [3.05, 3.63) is 59.2 Å². The van der Waals surface area contributed by atoms with Crippen LogP contribution in [-0.4, -0.2) is 56.2 Å². The van der Waals surface area contributed by atoms with Gasteiger partial charge in [-0.3, -0.25) is 19.6 Å². The fraction of sp³-hybridized carbons (Fsp3) is 0.333. The third kappa shape index (κ3) is 7.25. The molecule has 160 valence electrons. The molecule has 0 spiro atoms. The summed E-state index contributed by atoms with van der Waals surface area (Å²) in [6.45, 7) is 5.50. The van der Waals surface area contributed by atoms with E-state index in [0.29, 0.717) is 34.4 Å². The zero-order valence-corrected chi connectivity index (χ0v) is 17.6. The molecule has 1 aliphatic rings. The average molecular weight is 432 g/mol. The van der Waals surface area contributed by atoms with E-state index < -0.39 is 0 Å². The number of furan rings is 1. The Labute approximate surface area is 179 Å². The van der Waals surface area contributed by atoms with E-state index in [0.717, 1.165) is 26.1 Å². The number of carbonyl (C=O) groups is 2. The number of Topliss-reactive ketones (excluding diaryl/α,β-unsaturated/α-hetero) is 1. The number of carbonyl (C=O) groups excluding carboxylic acids is 2. The lowest BCUT2D eigenvalue weighted by Gasteiger charge is -2.19. The van der Waals surface area contributed by atoms with Crippen molar-refractivity contribution in [2.24, 2.45) is 4.99 Å². The van der Waals surface area contributed by atoms with Gasteiger partial charge < -0.3 is 19.2 Å². The molecular weight excluding hydrogens is 406 g/mol. The highest BCUT2D eigenvalue weighted by molar-refractivity contribution is 8.04. The van der Waals surface area contributed by atoms with Crippen LogP contribution < -0.4 is 5.32 Å². The van der Waals surface area contributed by atoms with Gasteiger partial charge in [0.2, 0.25) is 5.78 Å². The molecule has 1 saturated heterocycles. The molecule has 0 atom stereocenters. The van der Waals surface area contributed by atoms with E-state index in [1.807, 2.05) is 7.05 Å². The first kappa shape index (κ1) is 23.5. The van der Waals surface area contributed by atoms with Crippen molar-refractivity contribution in [1.29, 1.82) is 0 Å². The van der Waals surface area contributed by atoms with Crippen LogP contribution in [0.5, 0.6) is 0 Å². The Morgan fingerprint density at radius 2 is 2.17 bits per heavy atom. The third-order valence-electron chi connectivity index (χ3n) is 4.01. The zero-order chi connectivity index (χ0) is 21.6. The smallest absolute Gasteiger partial charge is 0.293 e. The van der Waals surface area contributed by atoms with Gasteiger partial charge in [0.1, 0.15) is 17.5 Å². The molecule has 0 radical (unpaired) electrons. The maximum atomic E-state index is 12.6. The number of pyridine rings is 1. The van der Waals surface area contributed by atoms with Crippen LogP contribution in [-0.2, 0) is 14.3 Å². The van der Waals surface area contributed by atoms with Gasteiger partial charge in [0.25, 0.3) is 6.47 Å². The summed E-state index contributed by atoms with van der Waals surface area (Å²) in [5.41, 5.74) is 0.791. The molecule has 0 unspecified atom stereocenters. The van der Waals surface area contributed by atoms with Gasteiger partial charge in [0, 0.05) is 24.9 Å². The molecule has 2 aromatic rings. The molecule has 0 aliphatic carbocycles. The molecule has 3 heterocycles. The van der Waals surface area contributed by atoms with Crippen LogP contribution >= 0.6 is 11.8 Å². The predicted molar refractivity (Wildman–Crippen MR) is 116 cm³/mol. The van der Waals surface area contributed by atoms with Gasteiger partial charge in [-0.1, -0.05) is 6.07 Å². The number of thioether (sulfide) groups is 1. The highest BCUT2D eigenvalue weighted by Crippen LogP contribution is 2.30. The van der Waals surface area contributed by atoms with Gasteiger partial charge in [0.05, 0.1) is 24.4 Å². The summed E-state index contributed by atoms with van der Waals surface area (Å²) in [6, 6.07) is 8.70. The molecule has 1 fully saturated rings. The van der Waals surface area contributed by atoms with E-state index in [1.54, 1.807) is 36.5 Å². The number of aliphatic imine (C=N–C) groups is 1. The maximum absolute atomic E-state index is 12.6. The molecule has 0 bridgehead atoms. The van der Waals surface area contributed by atoms with E-state index in [4.69, 9.17) is 13.9 Å². The van der Waals surface area contributed by atoms with Gasteiger partial charge in [-0.2, -0.15) is 0 Å². The number of allylic oxidation sites excluding steroid dienone is 1. The largest absolute Gasteiger partial charge is 0.464 e. The van der Waals surface area contributed by atoms with Crippen LogP contribution in [0.4, 0.5) is 0 Å². The van der Waals surface area contributed by atoms with Crippen molar-refractivity contribution in [1.82, 2.24) is 10.3 Å². The number of hydrogen-bond acceptors (Lipinski definition) is 9. The number of nitrogens with one attached hydrogen (secondary N) is 1. The number of nitrogens with zero attached hydrogens (tertiary/aromatic N) is 2. The summed E-state index contributed by atoms with van der Waals surface area (Å²) < 4.78 is 15.1. The van der Waals surface area contributed by atoms with Gasteiger partial charge >= 0.3 is 0 Å². The monoisotopic (exact) mass is 431 g/mol. The minimum atomic E-state index is -0.199. The summed E-state index contributed by atoms with van der Waals surface area (Å²) >= 11 is 1.34. The van der Waals surface area contributed by atoms with Crippen molar-refractivity contribution < 1.29 is 23.5 Å². The Bertz CT molecular complexity index is 818. The summed E-state index contributed by atoms with van der Waals surface area (Å²) in [6.07, 6.45) is 4.92. The third-order valence-corrected chi connectivity index (χ3v) is 5.11. The standard InChI is InChI=1S/C15H15N3O2S.C6H10O3/c1-16-10-21-15(13(17-2)12-7-5-9-20-12)14(19)11-6-3-4-8-18-11;7-5-9-6-1-3-8-4-2-6/h3-9,16H,2,10H2,1H3;5-6H,1-4H2/b15-13-;. The fourth-order valence-corrected chi connectivity index (χ4v) is 3.39. The van der Waals surface area contributed by atoms with Crippen molar-refractivity contribution >= 4 is 36.4 Å². The first-order valence-electron chi connectivity index (χ1n) is 9.36. The van der Waals surface area contributed by atoms with E-state index >= 15 is 0 Å². The summed E-state index contributed by atoms with van der Waals surface area (Å²) in [7, 11) is 1.81. The Kier molecular flexibility index (Phi) is 10.6. The first-order chi connectivity index (χ1) is 14.7. The second-order valence-electron chi connectivity index (χ2n) is 6.04. The number of ketones is 1. The Hall–Kier alpha value is -2.75. The zero-order valence-electron chi connectivity index (χ0n) is 16.8. The topological polar surface area (TPSA) is 103 Å². The second kappa shape index (κ2) is 13.5. The van der Waals surface area contributed by atoms with E-state index in [2.05, 4.69) is 22.0 Å². The van der Waals surface area contributed by atoms with Gasteiger partial charge in [-0.15, -0.1) is 11.8 Å². The van der Waals surface area contributed by atoms with E-state index in [-0.39, 0.29) is 11.9 Å². The summed E-state index contributed by atoms with van der Waals surface area (Å²) in [4.78, 5) is 31.0. The molecule has 0 amide bonds. The van der Waals surface area contributed by atoms with E-state index in [9.17, 15) is 9.59 Å². The first-order valence-corrected chi connectivity index (χ1v) is 10.3. The van der Waals surface area contributed by atoms with Gasteiger partial charge in [-0.25, -0.2) is 0 Å². The van der Waals surface area contributed by atoms with Crippen molar-refractivity contribution in [2.75, 3.05) is 26.1 Å². The van der Waals surface area contributed by atoms with Crippen LogP contribution in [0.2, 0.25) is 0 Å².